The maximum atomic E-state index is 12.7. The minimum absolute atomic E-state index is 0.161. The highest BCUT2D eigenvalue weighted by atomic mass is 32.1. The van der Waals surface area contributed by atoms with E-state index in [1.54, 1.807) is 48.8 Å². The smallest absolute Gasteiger partial charge is 0.251 e. The summed E-state index contributed by atoms with van der Waals surface area (Å²) in [6.45, 7) is 3.07. The number of rotatable bonds is 7. The first kappa shape index (κ1) is 23.7. The molecule has 1 amide bonds. The average molecular weight is 503 g/mol. The number of nitrogens with one attached hydrogen (secondary N) is 2. The number of fused-ring (bicyclic) bond motifs is 1. The van der Waals surface area contributed by atoms with Gasteiger partial charge in [0.1, 0.15) is 5.75 Å². The van der Waals surface area contributed by atoms with E-state index >= 15 is 0 Å². The van der Waals surface area contributed by atoms with Gasteiger partial charge in [0.05, 0.1) is 37.1 Å². The van der Waals surface area contributed by atoms with Crippen LogP contribution in [0.25, 0.3) is 21.6 Å². The van der Waals surface area contributed by atoms with Crippen LogP contribution in [0.15, 0.2) is 48.5 Å². The zero-order valence-corrected chi connectivity index (χ0v) is 20.6. The molecule has 4 aromatic rings. The fourth-order valence-electron chi connectivity index (χ4n) is 4.11. The number of amides is 1. The molecular weight excluding hydrogens is 476 g/mol. The number of nitrogen functional groups attached to an aromatic ring is 1. The van der Waals surface area contributed by atoms with Gasteiger partial charge in [-0.1, -0.05) is 12.1 Å². The lowest BCUT2D eigenvalue weighted by Gasteiger charge is -2.28. The lowest BCUT2D eigenvalue weighted by molar-refractivity contribution is 0.0951. The van der Waals surface area contributed by atoms with Crippen molar-refractivity contribution in [1.29, 1.82) is 5.41 Å². The van der Waals surface area contributed by atoms with Crippen molar-refractivity contribution in [2.45, 2.75) is 6.54 Å². The molecule has 5 rings (SSSR count). The quantitative estimate of drug-likeness (QED) is 0.260. The Kier molecular flexibility index (Phi) is 6.79. The molecule has 1 aliphatic rings. The predicted octanol–water partition coefficient (Wildman–Crippen LogP) is 3.71. The number of carbonyl (C=O) groups excluding carboxylic acids is 1. The molecule has 10 heteroatoms. The van der Waals surface area contributed by atoms with Gasteiger partial charge in [0.25, 0.3) is 5.91 Å². The van der Waals surface area contributed by atoms with Crippen molar-refractivity contribution in [3.05, 3.63) is 64.5 Å². The SMILES string of the molecule is COc1ccc(C(=O)NCc2cc3nc(-c4cccc(N)c4C=N)nc(N4CCOCC4)c3s2)cc1. The van der Waals surface area contributed by atoms with Gasteiger partial charge >= 0.3 is 0 Å². The minimum atomic E-state index is -0.161. The number of methoxy groups -OCH3 is 1. The van der Waals surface area contributed by atoms with Crippen molar-refractivity contribution in [3.63, 3.8) is 0 Å². The maximum absolute atomic E-state index is 12.7. The van der Waals surface area contributed by atoms with Crippen LogP contribution in [0.1, 0.15) is 20.8 Å². The Labute approximate surface area is 212 Å². The first-order valence-electron chi connectivity index (χ1n) is 11.5. The highest BCUT2D eigenvalue weighted by Crippen LogP contribution is 2.35. The van der Waals surface area contributed by atoms with E-state index in [1.807, 2.05) is 18.2 Å². The predicted molar refractivity (Wildman–Crippen MR) is 142 cm³/mol. The van der Waals surface area contributed by atoms with Gasteiger partial charge in [-0.25, -0.2) is 9.97 Å². The van der Waals surface area contributed by atoms with Gasteiger partial charge in [0.15, 0.2) is 11.6 Å². The van der Waals surface area contributed by atoms with E-state index in [9.17, 15) is 4.79 Å². The molecule has 3 heterocycles. The fraction of sp³-hybridized carbons (Fsp3) is 0.231. The molecule has 9 nitrogen and oxygen atoms in total. The number of benzene rings is 2. The van der Waals surface area contributed by atoms with Crippen molar-refractivity contribution in [1.82, 2.24) is 15.3 Å². The van der Waals surface area contributed by atoms with Crippen LogP contribution in [0, 0.1) is 5.41 Å². The Bertz CT molecular complexity index is 1410. The number of morpholine rings is 1. The number of hydrogen-bond acceptors (Lipinski definition) is 9. The molecule has 0 unspecified atom stereocenters. The van der Waals surface area contributed by atoms with Gasteiger partial charge in [0, 0.05) is 46.6 Å². The third-order valence-corrected chi connectivity index (χ3v) is 7.14. The van der Waals surface area contributed by atoms with Gasteiger partial charge in [-0.15, -0.1) is 11.3 Å². The molecular formula is C26H26N6O3S. The second-order valence-corrected chi connectivity index (χ2v) is 9.40. The van der Waals surface area contributed by atoms with Crippen LogP contribution < -0.4 is 20.7 Å². The van der Waals surface area contributed by atoms with E-state index in [0.29, 0.717) is 53.7 Å². The molecule has 4 N–H and O–H groups in total. The van der Waals surface area contributed by atoms with Gasteiger partial charge in [0.2, 0.25) is 0 Å². The van der Waals surface area contributed by atoms with Gasteiger partial charge in [-0.2, -0.15) is 0 Å². The molecule has 0 atom stereocenters. The van der Waals surface area contributed by atoms with Gasteiger partial charge in [-0.05, 0) is 36.4 Å². The molecule has 1 aliphatic heterocycles. The molecule has 2 aromatic carbocycles. The zero-order valence-electron chi connectivity index (χ0n) is 19.8. The lowest BCUT2D eigenvalue weighted by atomic mass is 10.1. The number of carbonyl (C=O) groups is 1. The maximum Gasteiger partial charge on any atom is 0.251 e. The first-order valence-corrected chi connectivity index (χ1v) is 12.3. The Hall–Kier alpha value is -4.02. The van der Waals surface area contributed by atoms with Crippen LogP contribution in [-0.2, 0) is 11.3 Å². The number of hydrogen-bond donors (Lipinski definition) is 3. The standard InChI is InChI=1S/C26H26N6O3S/c1-34-17-7-5-16(6-8-17)26(33)29-15-18-13-22-23(36-18)25(32-9-11-35-12-10-32)31-24(30-22)19-3-2-4-21(28)20(19)14-27/h2-8,13-14,27H,9-12,15,28H2,1H3,(H,29,33). The van der Waals surface area contributed by atoms with Crippen LogP contribution in [0.5, 0.6) is 5.75 Å². The molecule has 36 heavy (non-hydrogen) atoms. The van der Waals surface area contributed by atoms with E-state index in [1.165, 1.54) is 6.21 Å². The van der Waals surface area contributed by atoms with Crippen LogP contribution in [0.3, 0.4) is 0 Å². The number of nitrogens with zero attached hydrogens (tertiary/aromatic N) is 3. The number of ether oxygens (including phenoxy) is 2. The third-order valence-electron chi connectivity index (χ3n) is 6.02. The number of aromatic nitrogens is 2. The van der Waals surface area contributed by atoms with Crippen LogP contribution >= 0.6 is 11.3 Å². The highest BCUT2D eigenvalue weighted by molar-refractivity contribution is 7.19. The van der Waals surface area contributed by atoms with E-state index in [0.717, 1.165) is 34.0 Å². The monoisotopic (exact) mass is 502 g/mol. The first-order chi connectivity index (χ1) is 17.6. The Morgan fingerprint density at radius 2 is 2.00 bits per heavy atom. The molecule has 0 bridgehead atoms. The van der Waals surface area contributed by atoms with Crippen LogP contribution in [0.4, 0.5) is 11.5 Å². The van der Waals surface area contributed by atoms with Crippen molar-refractivity contribution >= 4 is 45.2 Å². The normalized spacial score (nSPS) is 13.5. The Morgan fingerprint density at radius 1 is 1.22 bits per heavy atom. The van der Waals surface area contributed by atoms with Gasteiger partial charge in [-0.3, -0.25) is 4.79 Å². The number of nitrogens with two attached hydrogens (primary N) is 1. The number of thiophene rings is 1. The van der Waals surface area contributed by atoms with E-state index < -0.39 is 0 Å². The lowest BCUT2D eigenvalue weighted by Crippen LogP contribution is -2.36. The van der Waals surface area contributed by atoms with Crippen LogP contribution in [-0.4, -0.2) is 55.5 Å². The minimum Gasteiger partial charge on any atom is -0.497 e. The summed E-state index contributed by atoms with van der Waals surface area (Å²) < 4.78 is 11.7. The van der Waals surface area contributed by atoms with E-state index in [2.05, 4.69) is 10.2 Å². The molecule has 0 radical (unpaired) electrons. The summed E-state index contributed by atoms with van der Waals surface area (Å²) in [4.78, 5) is 25.6. The second-order valence-electron chi connectivity index (χ2n) is 8.26. The fourth-order valence-corrected chi connectivity index (χ4v) is 5.16. The second kappa shape index (κ2) is 10.3. The van der Waals surface area contributed by atoms with Crippen molar-refractivity contribution in [3.8, 4) is 17.1 Å². The summed E-state index contributed by atoms with van der Waals surface area (Å²) in [5, 5.41) is 10.8. The summed E-state index contributed by atoms with van der Waals surface area (Å²) in [6.07, 6.45) is 1.24. The summed E-state index contributed by atoms with van der Waals surface area (Å²) >= 11 is 1.57. The van der Waals surface area contributed by atoms with Crippen molar-refractivity contribution < 1.29 is 14.3 Å². The highest BCUT2D eigenvalue weighted by Gasteiger charge is 2.21. The molecule has 0 saturated carbocycles. The molecule has 184 valence electrons. The molecule has 1 saturated heterocycles. The summed E-state index contributed by atoms with van der Waals surface area (Å²) in [5.74, 6) is 1.88. The molecule has 2 aromatic heterocycles. The molecule has 0 spiro atoms. The average Bonchev–Trinajstić information content (AvgIpc) is 3.34. The Balaban J connectivity index is 1.49. The largest absolute Gasteiger partial charge is 0.497 e. The Morgan fingerprint density at radius 3 is 2.72 bits per heavy atom. The van der Waals surface area contributed by atoms with Crippen molar-refractivity contribution in [2.24, 2.45) is 0 Å². The van der Waals surface area contributed by atoms with Gasteiger partial charge < -0.3 is 30.8 Å². The number of anilines is 2. The molecule has 0 aliphatic carbocycles. The zero-order chi connectivity index (χ0) is 25.1. The van der Waals surface area contributed by atoms with Crippen molar-refractivity contribution in [2.75, 3.05) is 44.0 Å². The molecule has 1 fully saturated rings. The summed E-state index contributed by atoms with van der Waals surface area (Å²) in [6, 6.07) is 14.5. The van der Waals surface area contributed by atoms with Crippen LogP contribution in [0.2, 0.25) is 0 Å². The van der Waals surface area contributed by atoms with E-state index in [4.69, 9.17) is 30.6 Å². The van der Waals surface area contributed by atoms with E-state index in [-0.39, 0.29) is 5.91 Å². The third kappa shape index (κ3) is 4.73. The topological polar surface area (TPSA) is 126 Å². The summed E-state index contributed by atoms with van der Waals surface area (Å²) in [7, 11) is 1.59. The summed E-state index contributed by atoms with van der Waals surface area (Å²) in [5.41, 5.74) is 9.28.